The van der Waals surface area contributed by atoms with Crippen LogP contribution in [0.5, 0.6) is 11.5 Å². The monoisotopic (exact) mass is 1500 g/mol. The summed E-state index contributed by atoms with van der Waals surface area (Å²) in [5.74, 6) is -0.315. The Hall–Kier alpha value is -5.98. The lowest BCUT2D eigenvalue weighted by Crippen LogP contribution is -2.62. The van der Waals surface area contributed by atoms with Gasteiger partial charge in [-0.25, -0.2) is 9.59 Å². The zero-order valence-electron chi connectivity index (χ0n) is 58.2. The molecule has 4 aromatic rings. The van der Waals surface area contributed by atoms with Crippen molar-refractivity contribution in [1.82, 2.24) is 20.8 Å². The van der Waals surface area contributed by atoms with E-state index in [1.54, 1.807) is 68.5 Å². The van der Waals surface area contributed by atoms with Crippen LogP contribution in [0.2, 0.25) is 0 Å². The smallest absolute Gasteiger partial charge is 0.492 e. The van der Waals surface area contributed by atoms with Crippen LogP contribution in [0, 0.1) is 52.3 Å². The molecule has 14 rings (SSSR count). The molecule has 24 nitrogen and oxygen atoms in total. The number of benzene rings is 4. The number of anilines is 2. The van der Waals surface area contributed by atoms with Crippen molar-refractivity contribution in [2.45, 2.75) is 210 Å². The Bertz CT molecular complexity index is 3500. The number of nitrogens with one attached hydrogen (secondary N) is 2. The van der Waals surface area contributed by atoms with Crippen LogP contribution < -0.4 is 35.4 Å². The molecule has 17 atom stereocenters. The number of carboxylic acid groups (broad SMARTS) is 2. The summed E-state index contributed by atoms with van der Waals surface area (Å²) >= 11 is 3.32. The molecule has 4 heterocycles. The molecule has 10 aliphatic rings. The summed E-state index contributed by atoms with van der Waals surface area (Å²) in [6, 6.07) is 19.3. The van der Waals surface area contributed by atoms with Crippen LogP contribution in [-0.2, 0) is 32.4 Å². The van der Waals surface area contributed by atoms with E-state index in [2.05, 4.69) is 71.0 Å². The molecule has 0 radical (unpaired) electrons. The average molecular weight is 1510 g/mol. The van der Waals surface area contributed by atoms with Gasteiger partial charge in [-0.3, -0.25) is 19.3 Å². The number of aliphatic hydroxyl groups is 6. The first-order valence-corrected chi connectivity index (χ1v) is 35.8. The number of rotatable bonds is 22. The molecule has 26 heteroatoms. The number of para-hydroxylation sites is 2. The molecule has 0 aromatic heterocycles. The first-order chi connectivity index (χ1) is 47.1. The van der Waals surface area contributed by atoms with Crippen LogP contribution >= 0.6 is 15.9 Å². The number of carboxylic acids is 2. The lowest BCUT2D eigenvalue weighted by molar-refractivity contribution is -0.183. The third kappa shape index (κ3) is 17.9. The maximum absolute atomic E-state index is 14.0. The molecule has 2 amide bonds. The summed E-state index contributed by atoms with van der Waals surface area (Å²) in [6.45, 7) is 15.9. The first kappa shape index (κ1) is 85.9. The molecule has 4 bridgehead atoms. The van der Waals surface area contributed by atoms with Gasteiger partial charge < -0.3 is 80.8 Å². The van der Waals surface area contributed by atoms with Crippen molar-refractivity contribution in [3.8, 4) is 22.6 Å². The van der Waals surface area contributed by atoms with Crippen LogP contribution in [0.4, 0.5) is 11.4 Å². The predicted octanol–water partition coefficient (Wildman–Crippen LogP) is 8.12. The van der Waals surface area contributed by atoms with Crippen LogP contribution in [0.25, 0.3) is 11.1 Å². The number of fused-ring (bicyclic) bond motifs is 4. The van der Waals surface area contributed by atoms with Crippen molar-refractivity contribution in [2.24, 2.45) is 52.3 Å². The van der Waals surface area contributed by atoms with Crippen LogP contribution in [0.1, 0.15) is 168 Å². The molecular weight excluding hydrogens is 1390 g/mol. The highest BCUT2D eigenvalue weighted by Gasteiger charge is 2.58. The Morgan fingerprint density at radius 3 is 1.54 bits per heavy atom. The fourth-order valence-corrected chi connectivity index (χ4v) is 18.3. The zero-order valence-corrected chi connectivity index (χ0v) is 59.8. The molecule has 4 aliphatic heterocycles. The molecule has 12 N–H and O–H groups in total. The summed E-state index contributed by atoms with van der Waals surface area (Å²) in [5.41, 5.74) is 5.37. The fourth-order valence-electron chi connectivity index (χ4n) is 17.8. The highest BCUT2D eigenvalue weighted by atomic mass is 79.9. The van der Waals surface area contributed by atoms with Crippen molar-refractivity contribution >= 4 is 63.6 Å². The number of carbonyl (C=O) groups is 4. The van der Waals surface area contributed by atoms with E-state index >= 15 is 0 Å². The third-order valence-electron chi connectivity index (χ3n) is 23.6. The number of hydroxylamine groups is 4. The summed E-state index contributed by atoms with van der Waals surface area (Å²) in [7, 11) is 1.26. The van der Waals surface area contributed by atoms with E-state index in [1.807, 2.05) is 30.3 Å². The minimum atomic E-state index is -1.72. The van der Waals surface area contributed by atoms with Gasteiger partial charge >= 0.3 is 19.1 Å². The number of ether oxygens (including phenoxy) is 2. The molecule has 4 aromatic carbocycles. The number of halogens is 1. The second kappa shape index (κ2) is 36.1. The molecular formula is C77H118BBrN6O18. The molecule has 4 saturated heterocycles. The molecule has 574 valence electrons. The molecule has 4 unspecified atom stereocenters. The minimum Gasteiger partial charge on any atom is -0.497 e. The number of aliphatic hydroxyl groups excluding tert-OH is 6. The number of hydrogen-bond donors (Lipinski definition) is 12. The van der Waals surface area contributed by atoms with Gasteiger partial charge in [0.15, 0.2) is 0 Å². The number of nitrogens with zero attached hydrogens (tertiary/aromatic N) is 4. The van der Waals surface area contributed by atoms with E-state index in [0.717, 1.165) is 73.9 Å². The number of aromatic carboxylic acids is 2. The van der Waals surface area contributed by atoms with Crippen LogP contribution in [0.3, 0.4) is 0 Å². The van der Waals surface area contributed by atoms with Gasteiger partial charge in [-0.05, 0) is 154 Å². The second-order valence-corrected chi connectivity index (χ2v) is 30.8. The number of amides is 2. The number of methoxy groups -OCH3 is 2. The van der Waals surface area contributed by atoms with Gasteiger partial charge in [-0.2, -0.15) is 10.1 Å². The fraction of sp³-hybridized carbons (Fsp3) is 0.636. The van der Waals surface area contributed by atoms with Gasteiger partial charge in [0.2, 0.25) is 11.8 Å². The van der Waals surface area contributed by atoms with Crippen LogP contribution in [-0.4, -0.2) is 206 Å². The first-order valence-electron chi connectivity index (χ1n) is 35.0. The van der Waals surface area contributed by atoms with Crippen molar-refractivity contribution < 1.29 is 89.2 Å². The van der Waals surface area contributed by atoms with Gasteiger partial charge in [0.25, 0.3) is 0 Å². The predicted molar refractivity (Wildman–Crippen MR) is 402 cm³/mol. The summed E-state index contributed by atoms with van der Waals surface area (Å²) < 4.78 is 12.1. The minimum absolute atomic E-state index is 0. The number of hydrogen-bond acceptors (Lipinski definition) is 20. The number of carbonyl (C=O) groups excluding carboxylic acids is 2. The van der Waals surface area contributed by atoms with Gasteiger partial charge in [-0.1, -0.05) is 117 Å². The normalized spacial score (nSPS) is 29.0. The van der Waals surface area contributed by atoms with Gasteiger partial charge in [0, 0.05) is 75.0 Å². The Balaban J connectivity index is 0.000000262. The Morgan fingerprint density at radius 2 is 1.10 bits per heavy atom. The summed E-state index contributed by atoms with van der Waals surface area (Å²) in [5, 5.41) is 109. The third-order valence-corrected chi connectivity index (χ3v) is 24.1. The van der Waals surface area contributed by atoms with E-state index in [-0.39, 0.29) is 128 Å². The van der Waals surface area contributed by atoms with Crippen LogP contribution in [0.15, 0.2) is 77.3 Å². The summed E-state index contributed by atoms with van der Waals surface area (Å²) in [4.78, 5) is 67.2. The molecule has 0 spiro atoms. The van der Waals surface area contributed by atoms with Crippen molar-refractivity contribution in [2.75, 3.05) is 63.5 Å². The second-order valence-electron chi connectivity index (χ2n) is 29.9. The quantitative estimate of drug-likeness (QED) is 0.0330. The van der Waals surface area contributed by atoms with Crippen molar-refractivity contribution in [1.29, 1.82) is 0 Å². The average Bonchev–Trinajstić information content (AvgIpc) is 1.52. The van der Waals surface area contributed by atoms with Gasteiger partial charge in [0.1, 0.15) is 35.8 Å². The van der Waals surface area contributed by atoms with E-state index < -0.39 is 67.4 Å². The topological polar surface area (TPSA) is 345 Å². The van der Waals surface area contributed by atoms with Gasteiger partial charge in [-0.15, -0.1) is 0 Å². The molecule has 10 fully saturated rings. The lowest BCUT2D eigenvalue weighted by atomic mass is 9.45. The van der Waals surface area contributed by atoms with E-state index in [4.69, 9.17) is 24.3 Å². The summed E-state index contributed by atoms with van der Waals surface area (Å²) in [6.07, 6.45) is 5.57. The van der Waals surface area contributed by atoms with Crippen molar-refractivity contribution in [3.05, 3.63) is 99.5 Å². The van der Waals surface area contributed by atoms with Gasteiger partial charge in [0.05, 0.1) is 89.2 Å². The molecule has 6 aliphatic carbocycles. The maximum Gasteiger partial charge on any atom is 0.492 e. The molecule has 103 heavy (non-hydrogen) atoms. The molecule has 6 saturated carbocycles. The van der Waals surface area contributed by atoms with Crippen molar-refractivity contribution in [3.63, 3.8) is 0 Å². The standard InChI is InChI=1S/C36H49N3O8.C25H39BN2O7.C12H14BrNO3.4CH4/c1-20(42)31-30(19-41)47-39(32(31)34(43)37-26-15-24-14-25(16-26)36(24,2)3)17-21-7-5-9-29(33(21)46-4)22-11-23(35(44)45)13-28(12-22)38-10-6-8-27(38)18-40;1-13-17-9-16(25(17,3)4)10-19(13)27-24(31)22-21(14(2)30)20(12-29)35-28(22)11-15-7-6-8-18(26(32)33)23(15)34-5;13-9-4-8(12(16)17)5-11(6-9)14-3-1-2-10(14)7-15;;;;/h5,7,9,11-13,20,24-27,30-32,40-42H,6,8,10,14-19H2,1-4H3,(H,37,43)(H,44,45);6-8,13-14,16-17,19-22,29-30,32-33H,9-12H2,1-5H3,(H,27,31);4-6,10,15H,1-3,7H2,(H,16,17);4*1H4/t20-,24+,25?,26?,27+,30-,31+,32-;13-,14-,16+,17?,19-,20-,21+,22?;10-;;;;/m001..../s1. The maximum atomic E-state index is 14.0. The SMILES string of the molecule is C.C.C.C.COc1c(CN2O[C@@H](CO)[C@@H]([C@H](C)O)C2C(=O)N[C@H]2C[C@H]3CC([C@@H]2C)C3(C)C)cccc1B(O)O.COc1c(CN2O[C@@H](CO)[C@@H]([C@H](C)O)[C@H]2C(=O)NC2CC3C[C@H](C2)C3(C)C)cccc1-c1cc(C(=O)O)cc(N2CCC[C@@H]2CO)c1.O=C(O)c1cc(Br)cc(N2CCC[C@@H]2CO)c1. The largest absolute Gasteiger partial charge is 0.497 e. The highest BCUT2D eigenvalue weighted by Crippen LogP contribution is 2.62. The Labute approximate surface area is 618 Å². The van der Waals surface area contributed by atoms with E-state index in [0.29, 0.717) is 68.4 Å². The Morgan fingerprint density at radius 1 is 0.621 bits per heavy atom. The lowest BCUT2D eigenvalue weighted by Gasteiger charge is -2.62. The Kier molecular flexibility index (Phi) is 30.1. The van der Waals surface area contributed by atoms with E-state index in [1.165, 1.54) is 25.0 Å². The van der Waals surface area contributed by atoms with E-state index in [9.17, 15) is 65.0 Å². The highest BCUT2D eigenvalue weighted by molar-refractivity contribution is 9.10. The zero-order chi connectivity index (χ0) is 71.7.